The summed E-state index contributed by atoms with van der Waals surface area (Å²) in [5, 5.41) is 5.93. The zero-order valence-electron chi connectivity index (χ0n) is 29.5. The number of fused-ring (bicyclic) bond motifs is 2. The van der Waals surface area contributed by atoms with Gasteiger partial charge in [-0.1, -0.05) is 81.7 Å². The van der Waals surface area contributed by atoms with Crippen molar-refractivity contribution in [3.05, 3.63) is 89.9 Å². The van der Waals surface area contributed by atoms with Crippen LogP contribution in [0.4, 0.5) is 5.82 Å². The molecule has 0 aliphatic heterocycles. The Kier molecular flexibility index (Phi) is 11.5. The van der Waals surface area contributed by atoms with Crippen LogP contribution in [-0.2, 0) is 31.8 Å². The van der Waals surface area contributed by atoms with Gasteiger partial charge < -0.3 is 19.1 Å². The topological polar surface area (TPSA) is 91.1 Å². The summed E-state index contributed by atoms with van der Waals surface area (Å²) in [6, 6.07) is 22.6. The molecule has 0 radical (unpaired) electrons. The lowest BCUT2D eigenvalue weighted by Gasteiger charge is -2.27. The van der Waals surface area contributed by atoms with E-state index in [0.29, 0.717) is 33.1 Å². The Hall–Kier alpha value is -3.91. The quantitative estimate of drug-likeness (QED) is 0.0453. The lowest BCUT2D eigenvalue weighted by Crippen LogP contribution is -2.33. The number of benzene rings is 2. The third-order valence-corrected chi connectivity index (χ3v) is 11.6. The van der Waals surface area contributed by atoms with Crippen molar-refractivity contribution in [2.75, 3.05) is 38.7 Å². The maximum absolute atomic E-state index is 11.8. The van der Waals surface area contributed by atoms with Gasteiger partial charge in [-0.2, -0.15) is 9.61 Å². The molecule has 0 aliphatic carbocycles. The average Bonchev–Trinajstić information content (AvgIpc) is 3.47. The van der Waals surface area contributed by atoms with Crippen molar-refractivity contribution in [1.29, 1.82) is 0 Å². The molecule has 0 saturated heterocycles. The molecular formula is C37H49N5O4Si2. The van der Waals surface area contributed by atoms with Gasteiger partial charge in [-0.3, -0.25) is 9.78 Å². The van der Waals surface area contributed by atoms with E-state index in [4.69, 9.17) is 29.3 Å². The van der Waals surface area contributed by atoms with Crippen LogP contribution in [0.3, 0.4) is 0 Å². The van der Waals surface area contributed by atoms with Crippen LogP contribution in [-0.4, -0.2) is 75.5 Å². The van der Waals surface area contributed by atoms with Gasteiger partial charge in [0.25, 0.3) is 0 Å². The van der Waals surface area contributed by atoms with Crippen molar-refractivity contribution in [2.45, 2.75) is 64.2 Å². The van der Waals surface area contributed by atoms with Crippen molar-refractivity contribution in [1.82, 2.24) is 19.6 Å². The highest BCUT2D eigenvalue weighted by atomic mass is 28.3. The number of rotatable bonds is 16. The molecule has 0 bridgehead atoms. The van der Waals surface area contributed by atoms with Crippen LogP contribution in [0.15, 0.2) is 73.1 Å². The van der Waals surface area contributed by atoms with E-state index >= 15 is 0 Å². The molecule has 0 N–H and O–H groups in total. The zero-order chi connectivity index (χ0) is 34.3. The van der Waals surface area contributed by atoms with Gasteiger partial charge in [0.2, 0.25) is 0 Å². The highest BCUT2D eigenvalue weighted by Gasteiger charge is 2.20. The lowest BCUT2D eigenvalue weighted by atomic mass is 10.1. The van der Waals surface area contributed by atoms with Gasteiger partial charge in [0, 0.05) is 64.6 Å². The SMILES string of the molecule is COC(=O)Cc1ccc(Cc2cc(N(COCC[Si](C)(C)C)COCC[Si](C)(C)C)n3ncc(-c4cnc5ccccc5c4)c3n2)cc1. The van der Waals surface area contributed by atoms with Gasteiger partial charge in [0.05, 0.1) is 30.9 Å². The zero-order valence-corrected chi connectivity index (χ0v) is 31.5. The fraction of sp³-hybridized carbons (Fsp3) is 0.405. The van der Waals surface area contributed by atoms with Gasteiger partial charge in [-0.25, -0.2) is 4.98 Å². The molecule has 0 unspecified atom stereocenters. The first-order valence-electron chi connectivity index (χ1n) is 16.7. The van der Waals surface area contributed by atoms with Crippen molar-refractivity contribution in [2.24, 2.45) is 0 Å². The standard InChI is InChI=1S/C37H49N5O4Si2/c1-44-36(43)21-29-14-12-28(13-15-29)20-32-23-35(41(26-45-16-18-47(2,3)4)27-46-17-19-48(5,6)7)42-37(40-32)33(25-39-42)31-22-30-10-8-9-11-34(30)38-24-31/h8-15,22-25H,16-21,26-27H2,1-7H3. The molecule has 3 aromatic heterocycles. The first-order valence-corrected chi connectivity index (χ1v) is 24.1. The molecule has 11 heteroatoms. The minimum atomic E-state index is -1.26. The van der Waals surface area contributed by atoms with E-state index in [0.717, 1.165) is 62.4 Å². The lowest BCUT2D eigenvalue weighted by molar-refractivity contribution is -0.139. The fourth-order valence-corrected chi connectivity index (χ4v) is 6.75. The number of anilines is 1. The number of ether oxygens (including phenoxy) is 3. The summed E-state index contributed by atoms with van der Waals surface area (Å²) in [5.41, 5.74) is 6.44. The van der Waals surface area contributed by atoms with Crippen LogP contribution in [0.1, 0.15) is 16.8 Å². The minimum absolute atomic E-state index is 0.245. The molecule has 0 aliphatic rings. The number of hydrogen-bond acceptors (Lipinski definition) is 8. The van der Waals surface area contributed by atoms with E-state index in [2.05, 4.69) is 62.4 Å². The molecule has 2 aromatic carbocycles. The van der Waals surface area contributed by atoms with Gasteiger partial charge in [0.1, 0.15) is 19.3 Å². The molecule has 0 saturated carbocycles. The molecule has 0 atom stereocenters. The number of para-hydroxylation sites is 1. The number of nitrogens with zero attached hydrogens (tertiary/aromatic N) is 5. The second-order valence-electron chi connectivity index (χ2n) is 14.8. The Morgan fingerprint density at radius 1 is 0.833 bits per heavy atom. The summed E-state index contributed by atoms with van der Waals surface area (Å²) in [7, 11) is -1.10. The van der Waals surface area contributed by atoms with Gasteiger partial charge in [-0.15, -0.1) is 0 Å². The maximum Gasteiger partial charge on any atom is 0.309 e. The van der Waals surface area contributed by atoms with Crippen LogP contribution >= 0.6 is 0 Å². The van der Waals surface area contributed by atoms with E-state index in [1.807, 2.05) is 59.4 Å². The highest BCUT2D eigenvalue weighted by molar-refractivity contribution is 6.76. The second kappa shape index (κ2) is 15.5. The number of carbonyl (C=O) groups is 1. The predicted molar refractivity (Wildman–Crippen MR) is 199 cm³/mol. The molecule has 5 aromatic rings. The van der Waals surface area contributed by atoms with E-state index in [1.165, 1.54) is 7.11 Å². The Morgan fingerprint density at radius 3 is 2.12 bits per heavy atom. The average molecular weight is 684 g/mol. The Morgan fingerprint density at radius 2 is 1.48 bits per heavy atom. The first kappa shape index (κ1) is 35.4. The Labute approximate surface area is 286 Å². The predicted octanol–water partition coefficient (Wildman–Crippen LogP) is 7.68. The third kappa shape index (κ3) is 9.82. The third-order valence-electron chi connectivity index (χ3n) is 8.20. The van der Waals surface area contributed by atoms with Crippen LogP contribution in [0.25, 0.3) is 27.7 Å². The number of carbonyl (C=O) groups excluding carboxylic acids is 1. The molecule has 0 amide bonds. The van der Waals surface area contributed by atoms with Crippen LogP contribution in [0.2, 0.25) is 51.4 Å². The van der Waals surface area contributed by atoms with Crippen LogP contribution in [0, 0.1) is 0 Å². The van der Waals surface area contributed by atoms with Crippen LogP contribution in [0.5, 0.6) is 0 Å². The largest absolute Gasteiger partial charge is 0.469 e. The summed E-state index contributed by atoms with van der Waals surface area (Å²) in [6.45, 7) is 16.3. The van der Waals surface area contributed by atoms with Crippen molar-refractivity contribution < 1.29 is 19.0 Å². The minimum Gasteiger partial charge on any atom is -0.469 e. The summed E-state index contributed by atoms with van der Waals surface area (Å²) >= 11 is 0. The molecule has 254 valence electrons. The normalized spacial score (nSPS) is 12.1. The van der Waals surface area contributed by atoms with E-state index < -0.39 is 16.1 Å². The molecule has 0 fully saturated rings. The second-order valence-corrected chi connectivity index (χ2v) is 26.0. The molecule has 3 heterocycles. The van der Waals surface area contributed by atoms with E-state index in [1.54, 1.807) is 0 Å². The Bertz CT molecular complexity index is 1810. The number of esters is 1. The fourth-order valence-electron chi connectivity index (χ4n) is 5.23. The number of methoxy groups -OCH3 is 1. The summed E-state index contributed by atoms with van der Waals surface area (Å²) in [5.74, 6) is 0.605. The summed E-state index contributed by atoms with van der Waals surface area (Å²) < 4.78 is 19.4. The highest BCUT2D eigenvalue weighted by Crippen LogP contribution is 2.30. The van der Waals surface area contributed by atoms with Gasteiger partial charge in [-0.05, 0) is 35.3 Å². The van der Waals surface area contributed by atoms with Crippen molar-refractivity contribution >= 4 is 44.5 Å². The molecule has 48 heavy (non-hydrogen) atoms. The van der Waals surface area contributed by atoms with E-state index in [9.17, 15) is 4.79 Å². The summed E-state index contributed by atoms with van der Waals surface area (Å²) in [4.78, 5) is 23.8. The monoisotopic (exact) mass is 683 g/mol. The number of aromatic nitrogens is 4. The number of pyridine rings is 1. The van der Waals surface area contributed by atoms with Crippen LogP contribution < -0.4 is 4.90 Å². The molecular weight excluding hydrogens is 635 g/mol. The molecule has 0 spiro atoms. The van der Waals surface area contributed by atoms with E-state index in [-0.39, 0.29) is 12.4 Å². The van der Waals surface area contributed by atoms with Gasteiger partial charge in [0.15, 0.2) is 5.65 Å². The molecule has 5 rings (SSSR count). The smallest absolute Gasteiger partial charge is 0.309 e. The molecule has 9 nitrogen and oxygen atoms in total. The number of hydrogen-bond donors (Lipinski definition) is 0. The van der Waals surface area contributed by atoms with Crippen molar-refractivity contribution in [3.63, 3.8) is 0 Å². The Balaban J connectivity index is 1.53. The first-order chi connectivity index (χ1) is 22.9. The van der Waals surface area contributed by atoms with Crippen molar-refractivity contribution in [3.8, 4) is 11.1 Å². The van der Waals surface area contributed by atoms with Gasteiger partial charge >= 0.3 is 5.97 Å². The summed E-state index contributed by atoms with van der Waals surface area (Å²) in [6.07, 6.45) is 4.61. The maximum atomic E-state index is 11.8.